The van der Waals surface area contributed by atoms with Gasteiger partial charge in [0, 0.05) is 12.7 Å². The molecule has 0 aliphatic rings. The van der Waals surface area contributed by atoms with E-state index < -0.39 is 12.1 Å². The minimum Gasteiger partial charge on any atom is -0.469 e. The fraction of sp³-hybridized carbons (Fsp3) is 0.636. The second kappa shape index (κ2) is 5.65. The van der Waals surface area contributed by atoms with Crippen molar-refractivity contribution < 1.29 is 14.6 Å². The molecular formula is C11H18N2O3. The fourth-order valence-corrected chi connectivity index (χ4v) is 1.38. The molecule has 5 heteroatoms. The summed E-state index contributed by atoms with van der Waals surface area (Å²) in [5, 5.41) is 13.9. The summed E-state index contributed by atoms with van der Waals surface area (Å²) in [4.78, 5) is 11.0. The van der Waals surface area contributed by atoms with Crippen molar-refractivity contribution in [3.63, 3.8) is 0 Å². The lowest BCUT2D eigenvalue weighted by Crippen LogP contribution is -2.10. The van der Waals surface area contributed by atoms with E-state index >= 15 is 0 Å². The number of methoxy groups -OCH3 is 1. The first-order valence-corrected chi connectivity index (χ1v) is 5.31. The van der Waals surface area contributed by atoms with E-state index in [1.807, 2.05) is 0 Å². The highest BCUT2D eigenvalue weighted by molar-refractivity contribution is 5.69. The Kier molecular flexibility index (Phi) is 4.49. The summed E-state index contributed by atoms with van der Waals surface area (Å²) in [6, 6.07) is 1.72. The Morgan fingerprint density at radius 2 is 2.31 bits per heavy atom. The number of ether oxygens (including phenoxy) is 1. The van der Waals surface area contributed by atoms with Gasteiger partial charge in [0.1, 0.15) is 6.10 Å². The summed E-state index contributed by atoms with van der Waals surface area (Å²) in [5.41, 5.74) is 0.506. The van der Waals surface area contributed by atoms with E-state index in [1.165, 1.54) is 7.11 Å². The molecule has 0 amide bonds. The molecule has 0 bridgehead atoms. The molecule has 1 aromatic heterocycles. The number of hydrogen-bond donors (Lipinski definition) is 1. The lowest BCUT2D eigenvalue weighted by atomic mass is 10.2. The number of esters is 1. The van der Waals surface area contributed by atoms with Crippen molar-refractivity contribution >= 4 is 5.97 Å². The standard InChI is InChI=1S/C11H18N2O3/c1-8(2)7-13-5-4-9(12-13)10(14)6-11(15)16-3/h4-5,8,10,14H,6-7H2,1-3H3/t10-/m1/s1. The SMILES string of the molecule is COC(=O)C[C@@H](O)c1ccn(CC(C)C)n1. The second-order valence-electron chi connectivity index (χ2n) is 4.15. The Labute approximate surface area is 95.0 Å². The zero-order valence-electron chi connectivity index (χ0n) is 9.88. The predicted octanol–water partition coefficient (Wildman–Crippen LogP) is 1.14. The van der Waals surface area contributed by atoms with Crippen molar-refractivity contribution in [1.82, 2.24) is 9.78 Å². The van der Waals surface area contributed by atoms with Crippen LogP contribution in [0.5, 0.6) is 0 Å². The molecule has 0 aromatic carbocycles. The van der Waals surface area contributed by atoms with E-state index in [1.54, 1.807) is 16.9 Å². The minimum absolute atomic E-state index is 0.0603. The third kappa shape index (κ3) is 3.66. The highest BCUT2D eigenvalue weighted by Crippen LogP contribution is 2.14. The summed E-state index contributed by atoms with van der Waals surface area (Å²) >= 11 is 0. The molecule has 0 saturated carbocycles. The first-order chi connectivity index (χ1) is 7.52. The van der Waals surface area contributed by atoms with Crippen LogP contribution in [0, 0.1) is 5.92 Å². The summed E-state index contributed by atoms with van der Waals surface area (Å²) in [6.45, 7) is 4.98. The van der Waals surface area contributed by atoms with Crippen molar-refractivity contribution in [2.45, 2.75) is 32.9 Å². The lowest BCUT2D eigenvalue weighted by Gasteiger charge is -2.07. The zero-order chi connectivity index (χ0) is 12.1. The maximum absolute atomic E-state index is 11.0. The van der Waals surface area contributed by atoms with E-state index in [0.29, 0.717) is 11.6 Å². The van der Waals surface area contributed by atoms with Gasteiger partial charge in [-0.25, -0.2) is 0 Å². The largest absolute Gasteiger partial charge is 0.469 e. The van der Waals surface area contributed by atoms with Gasteiger partial charge in [-0.15, -0.1) is 0 Å². The van der Waals surface area contributed by atoms with Crippen LogP contribution in [-0.2, 0) is 16.1 Å². The van der Waals surface area contributed by atoms with E-state index in [-0.39, 0.29) is 6.42 Å². The summed E-state index contributed by atoms with van der Waals surface area (Å²) in [5.74, 6) is 0.0522. The first kappa shape index (κ1) is 12.7. The Balaban J connectivity index is 2.59. The first-order valence-electron chi connectivity index (χ1n) is 5.31. The molecule has 0 spiro atoms. The maximum atomic E-state index is 11.0. The van der Waals surface area contributed by atoms with E-state index in [0.717, 1.165) is 6.54 Å². The number of carbonyl (C=O) groups excluding carboxylic acids is 1. The molecule has 5 nitrogen and oxygen atoms in total. The van der Waals surface area contributed by atoms with Gasteiger partial charge in [-0.1, -0.05) is 13.8 Å². The molecule has 1 N–H and O–H groups in total. The van der Waals surface area contributed by atoms with Crippen molar-refractivity contribution in [1.29, 1.82) is 0 Å². The molecule has 0 aliphatic heterocycles. The average Bonchev–Trinajstić information content (AvgIpc) is 2.65. The van der Waals surface area contributed by atoms with Crippen molar-refractivity contribution in [2.24, 2.45) is 5.92 Å². The highest BCUT2D eigenvalue weighted by atomic mass is 16.5. The molecule has 0 unspecified atom stereocenters. The summed E-state index contributed by atoms with van der Waals surface area (Å²) in [6.07, 6.45) is 0.853. The van der Waals surface area contributed by atoms with Gasteiger partial charge >= 0.3 is 5.97 Å². The number of rotatable bonds is 5. The third-order valence-corrected chi connectivity index (χ3v) is 2.14. The Morgan fingerprint density at radius 1 is 1.62 bits per heavy atom. The number of aromatic nitrogens is 2. The molecule has 0 fully saturated rings. The summed E-state index contributed by atoms with van der Waals surface area (Å²) < 4.78 is 6.24. The van der Waals surface area contributed by atoms with E-state index in [9.17, 15) is 9.90 Å². The zero-order valence-corrected chi connectivity index (χ0v) is 9.88. The van der Waals surface area contributed by atoms with Crippen LogP contribution in [0.2, 0.25) is 0 Å². The molecule has 0 radical (unpaired) electrons. The number of hydrogen-bond acceptors (Lipinski definition) is 4. The molecule has 1 rings (SSSR count). The topological polar surface area (TPSA) is 64.3 Å². The normalized spacial score (nSPS) is 12.8. The molecule has 90 valence electrons. The molecule has 16 heavy (non-hydrogen) atoms. The highest BCUT2D eigenvalue weighted by Gasteiger charge is 2.15. The second-order valence-corrected chi connectivity index (χ2v) is 4.15. The van der Waals surface area contributed by atoms with Crippen LogP contribution >= 0.6 is 0 Å². The van der Waals surface area contributed by atoms with Crippen LogP contribution in [0.3, 0.4) is 0 Å². The van der Waals surface area contributed by atoms with Crippen molar-refractivity contribution in [2.75, 3.05) is 7.11 Å². The van der Waals surface area contributed by atoms with Crippen molar-refractivity contribution in [3.05, 3.63) is 18.0 Å². The van der Waals surface area contributed by atoms with Gasteiger partial charge in [-0.3, -0.25) is 9.48 Å². The Hall–Kier alpha value is -1.36. The molecule has 1 heterocycles. The monoisotopic (exact) mass is 226 g/mol. The van der Waals surface area contributed by atoms with Crippen LogP contribution < -0.4 is 0 Å². The van der Waals surface area contributed by atoms with Gasteiger partial charge < -0.3 is 9.84 Å². The number of nitrogens with zero attached hydrogens (tertiary/aromatic N) is 2. The number of aliphatic hydroxyl groups excluding tert-OH is 1. The Bertz CT molecular complexity index is 347. The molecule has 0 aliphatic carbocycles. The summed E-state index contributed by atoms with van der Waals surface area (Å²) in [7, 11) is 1.30. The van der Waals surface area contributed by atoms with Gasteiger partial charge in [0.25, 0.3) is 0 Å². The van der Waals surface area contributed by atoms with Gasteiger partial charge in [0.15, 0.2) is 0 Å². The maximum Gasteiger partial charge on any atom is 0.308 e. The minimum atomic E-state index is -0.888. The van der Waals surface area contributed by atoms with Crippen LogP contribution in [0.1, 0.15) is 32.1 Å². The number of carbonyl (C=O) groups is 1. The molecule has 1 aromatic rings. The van der Waals surface area contributed by atoms with E-state index in [2.05, 4.69) is 23.7 Å². The van der Waals surface area contributed by atoms with Gasteiger partial charge in [0.2, 0.25) is 0 Å². The van der Waals surface area contributed by atoms with Crippen molar-refractivity contribution in [3.8, 4) is 0 Å². The van der Waals surface area contributed by atoms with Gasteiger partial charge in [0.05, 0.1) is 19.2 Å². The van der Waals surface area contributed by atoms with Gasteiger partial charge in [-0.05, 0) is 12.0 Å². The average molecular weight is 226 g/mol. The smallest absolute Gasteiger partial charge is 0.308 e. The molecular weight excluding hydrogens is 208 g/mol. The van der Waals surface area contributed by atoms with Crippen LogP contribution in [-0.4, -0.2) is 28.0 Å². The van der Waals surface area contributed by atoms with Crippen LogP contribution in [0.25, 0.3) is 0 Å². The molecule has 1 atom stereocenters. The van der Waals surface area contributed by atoms with Crippen LogP contribution in [0.15, 0.2) is 12.3 Å². The molecule has 0 saturated heterocycles. The quantitative estimate of drug-likeness (QED) is 0.764. The van der Waals surface area contributed by atoms with Crippen LogP contribution in [0.4, 0.5) is 0 Å². The fourth-order valence-electron chi connectivity index (χ4n) is 1.38. The number of aliphatic hydroxyl groups is 1. The predicted molar refractivity (Wildman–Crippen MR) is 58.7 cm³/mol. The van der Waals surface area contributed by atoms with Gasteiger partial charge in [-0.2, -0.15) is 5.10 Å². The third-order valence-electron chi connectivity index (χ3n) is 2.14. The Morgan fingerprint density at radius 3 is 2.88 bits per heavy atom. The lowest BCUT2D eigenvalue weighted by molar-refractivity contribution is -0.142. The van der Waals surface area contributed by atoms with E-state index in [4.69, 9.17) is 0 Å².